The fraction of sp³-hybridized carbons (Fsp3) is 0.280. The minimum Gasteiger partial charge on any atom is -0.378 e. The summed E-state index contributed by atoms with van der Waals surface area (Å²) >= 11 is 0. The van der Waals surface area contributed by atoms with Gasteiger partial charge in [0.1, 0.15) is 5.70 Å². The SMILES string of the molecule is FC(F)(F)/C(=C(\CCc1ccccc1)c1cccc2ccccc12)N1CCOCC1. The topological polar surface area (TPSA) is 12.5 Å². The van der Waals surface area contributed by atoms with E-state index in [1.807, 2.05) is 72.8 Å². The molecular weight excluding hydrogens is 387 g/mol. The van der Waals surface area contributed by atoms with Gasteiger partial charge in [-0.2, -0.15) is 13.2 Å². The lowest BCUT2D eigenvalue weighted by Gasteiger charge is -2.34. The van der Waals surface area contributed by atoms with Crippen LogP contribution in [0.15, 0.2) is 78.5 Å². The van der Waals surface area contributed by atoms with Crippen molar-refractivity contribution in [2.45, 2.75) is 19.0 Å². The van der Waals surface area contributed by atoms with Crippen LogP contribution < -0.4 is 0 Å². The maximum absolute atomic E-state index is 14.4. The number of hydrogen-bond acceptors (Lipinski definition) is 2. The molecule has 0 radical (unpaired) electrons. The molecule has 0 unspecified atom stereocenters. The molecule has 3 aromatic carbocycles. The Bertz CT molecular complexity index is 1020. The van der Waals surface area contributed by atoms with Gasteiger partial charge in [0.25, 0.3) is 0 Å². The number of benzene rings is 3. The predicted octanol–water partition coefficient (Wildman–Crippen LogP) is 6.08. The van der Waals surface area contributed by atoms with Gasteiger partial charge in [0, 0.05) is 13.1 Å². The van der Waals surface area contributed by atoms with Crippen LogP contribution in [-0.2, 0) is 11.2 Å². The van der Waals surface area contributed by atoms with Crippen LogP contribution in [0.2, 0.25) is 0 Å². The maximum atomic E-state index is 14.4. The number of hydrogen-bond donors (Lipinski definition) is 0. The molecule has 2 nitrogen and oxygen atoms in total. The van der Waals surface area contributed by atoms with E-state index in [1.165, 1.54) is 4.90 Å². The van der Waals surface area contributed by atoms with Crippen LogP contribution in [0.1, 0.15) is 17.5 Å². The zero-order chi connectivity index (χ0) is 21.0. The highest BCUT2D eigenvalue weighted by molar-refractivity contribution is 5.94. The van der Waals surface area contributed by atoms with Crippen molar-refractivity contribution in [1.82, 2.24) is 4.90 Å². The van der Waals surface area contributed by atoms with E-state index in [4.69, 9.17) is 4.74 Å². The minimum absolute atomic E-state index is 0.244. The van der Waals surface area contributed by atoms with Crippen LogP contribution in [0.3, 0.4) is 0 Å². The number of alkyl halides is 3. The summed E-state index contributed by atoms with van der Waals surface area (Å²) in [6, 6.07) is 22.9. The van der Waals surface area contributed by atoms with Crippen LogP contribution in [0.4, 0.5) is 13.2 Å². The number of halogens is 3. The highest BCUT2D eigenvalue weighted by Crippen LogP contribution is 2.39. The first-order valence-electron chi connectivity index (χ1n) is 10.2. The van der Waals surface area contributed by atoms with E-state index in [0.29, 0.717) is 37.2 Å². The fourth-order valence-electron chi connectivity index (χ4n) is 4.11. The Morgan fingerprint density at radius 1 is 0.833 bits per heavy atom. The molecule has 4 rings (SSSR count). The lowest BCUT2D eigenvalue weighted by Crippen LogP contribution is -2.41. The molecular formula is C25H24F3NO. The van der Waals surface area contributed by atoms with Crippen molar-refractivity contribution in [3.8, 4) is 0 Å². The van der Waals surface area contributed by atoms with Crippen LogP contribution >= 0.6 is 0 Å². The Kier molecular flexibility index (Phi) is 6.09. The molecule has 1 heterocycles. The Morgan fingerprint density at radius 2 is 1.50 bits per heavy atom. The summed E-state index contributed by atoms with van der Waals surface area (Å²) in [6.45, 7) is 1.10. The molecule has 5 heteroatoms. The molecule has 156 valence electrons. The molecule has 3 aromatic rings. The van der Waals surface area contributed by atoms with Gasteiger partial charge in [-0.05, 0) is 40.3 Å². The average Bonchev–Trinajstić information content (AvgIpc) is 2.77. The average molecular weight is 411 g/mol. The molecule has 1 aliphatic heterocycles. The summed E-state index contributed by atoms with van der Waals surface area (Å²) < 4.78 is 48.6. The smallest absolute Gasteiger partial charge is 0.378 e. The van der Waals surface area contributed by atoms with Gasteiger partial charge < -0.3 is 9.64 Å². The molecule has 1 saturated heterocycles. The maximum Gasteiger partial charge on any atom is 0.431 e. The summed E-state index contributed by atoms with van der Waals surface area (Å²) in [5.41, 5.74) is 1.50. The third-order valence-corrected chi connectivity index (χ3v) is 5.50. The Balaban J connectivity index is 1.87. The molecule has 0 aromatic heterocycles. The quantitative estimate of drug-likeness (QED) is 0.505. The van der Waals surface area contributed by atoms with Crippen molar-refractivity contribution < 1.29 is 17.9 Å². The summed E-state index contributed by atoms with van der Waals surface area (Å²) in [7, 11) is 0. The first-order valence-corrected chi connectivity index (χ1v) is 10.2. The van der Waals surface area contributed by atoms with Gasteiger partial charge in [-0.25, -0.2) is 0 Å². The van der Waals surface area contributed by atoms with Gasteiger partial charge in [-0.1, -0.05) is 72.8 Å². The second-order valence-corrected chi connectivity index (χ2v) is 7.44. The zero-order valence-corrected chi connectivity index (χ0v) is 16.7. The van der Waals surface area contributed by atoms with Crippen LogP contribution in [0.5, 0.6) is 0 Å². The van der Waals surface area contributed by atoms with Crippen molar-refractivity contribution in [2.24, 2.45) is 0 Å². The molecule has 30 heavy (non-hydrogen) atoms. The van der Waals surface area contributed by atoms with E-state index in [-0.39, 0.29) is 13.1 Å². The Labute approximate surface area is 174 Å². The van der Waals surface area contributed by atoms with Gasteiger partial charge >= 0.3 is 6.18 Å². The first-order chi connectivity index (χ1) is 14.5. The molecule has 0 bridgehead atoms. The lowest BCUT2D eigenvalue weighted by molar-refractivity contribution is -0.117. The molecule has 0 aliphatic carbocycles. The third kappa shape index (κ3) is 4.51. The molecule has 1 aliphatic rings. The van der Waals surface area contributed by atoms with E-state index in [2.05, 4.69) is 0 Å². The monoisotopic (exact) mass is 411 g/mol. The van der Waals surface area contributed by atoms with Gasteiger partial charge in [-0.3, -0.25) is 0 Å². The number of aryl methyl sites for hydroxylation is 1. The van der Waals surface area contributed by atoms with E-state index < -0.39 is 11.9 Å². The third-order valence-electron chi connectivity index (χ3n) is 5.50. The number of fused-ring (bicyclic) bond motifs is 1. The van der Waals surface area contributed by atoms with Crippen molar-refractivity contribution >= 4 is 16.3 Å². The summed E-state index contributed by atoms with van der Waals surface area (Å²) in [5.74, 6) is 0. The molecule has 1 fully saturated rings. The molecule has 0 spiro atoms. The van der Waals surface area contributed by atoms with Gasteiger partial charge in [0.2, 0.25) is 0 Å². The summed E-state index contributed by atoms with van der Waals surface area (Å²) in [4.78, 5) is 1.45. The van der Waals surface area contributed by atoms with E-state index in [0.717, 1.165) is 16.3 Å². The van der Waals surface area contributed by atoms with Gasteiger partial charge in [0.15, 0.2) is 0 Å². The van der Waals surface area contributed by atoms with Gasteiger partial charge in [-0.15, -0.1) is 0 Å². The van der Waals surface area contributed by atoms with Crippen molar-refractivity contribution in [1.29, 1.82) is 0 Å². The normalized spacial score (nSPS) is 15.9. The Morgan fingerprint density at radius 3 is 2.23 bits per heavy atom. The second-order valence-electron chi connectivity index (χ2n) is 7.44. The van der Waals surface area contributed by atoms with E-state index in [1.54, 1.807) is 0 Å². The zero-order valence-electron chi connectivity index (χ0n) is 16.7. The van der Waals surface area contributed by atoms with Gasteiger partial charge in [0.05, 0.1) is 13.2 Å². The highest BCUT2D eigenvalue weighted by atomic mass is 19.4. The number of ether oxygens (including phenoxy) is 1. The van der Waals surface area contributed by atoms with E-state index in [9.17, 15) is 13.2 Å². The van der Waals surface area contributed by atoms with E-state index >= 15 is 0 Å². The molecule has 0 N–H and O–H groups in total. The van der Waals surface area contributed by atoms with Crippen LogP contribution in [0, 0.1) is 0 Å². The standard InChI is InChI=1S/C25H24F3NO/c26-25(27,28)24(29-15-17-30-18-16-29)23(14-13-19-7-2-1-3-8-19)22-12-6-10-20-9-4-5-11-21(20)22/h1-12H,13-18H2/b24-23-. The molecule has 0 amide bonds. The minimum atomic E-state index is -4.44. The molecule has 0 saturated carbocycles. The van der Waals surface area contributed by atoms with Crippen LogP contribution in [0.25, 0.3) is 16.3 Å². The Hall–Kier alpha value is -2.79. The lowest BCUT2D eigenvalue weighted by atomic mass is 9.91. The number of allylic oxidation sites excluding steroid dienone is 2. The number of nitrogens with zero attached hydrogens (tertiary/aromatic N) is 1. The van der Waals surface area contributed by atoms with Crippen molar-refractivity contribution in [2.75, 3.05) is 26.3 Å². The first kappa shape index (κ1) is 20.5. The van der Waals surface area contributed by atoms with Crippen molar-refractivity contribution in [3.63, 3.8) is 0 Å². The van der Waals surface area contributed by atoms with Crippen LogP contribution in [-0.4, -0.2) is 37.4 Å². The summed E-state index contributed by atoms with van der Waals surface area (Å²) in [5, 5.41) is 1.79. The predicted molar refractivity (Wildman–Crippen MR) is 114 cm³/mol. The summed E-state index contributed by atoms with van der Waals surface area (Å²) in [6.07, 6.45) is -3.59. The molecule has 0 atom stereocenters. The highest BCUT2D eigenvalue weighted by Gasteiger charge is 2.41. The fourth-order valence-corrected chi connectivity index (χ4v) is 4.11. The largest absolute Gasteiger partial charge is 0.431 e. The van der Waals surface area contributed by atoms with Crippen molar-refractivity contribution in [3.05, 3.63) is 89.6 Å². The number of rotatable bonds is 5. The number of morpholine rings is 1. The second kappa shape index (κ2) is 8.92.